The van der Waals surface area contributed by atoms with E-state index in [0.717, 1.165) is 23.4 Å². The van der Waals surface area contributed by atoms with Crippen LogP contribution in [0.4, 0.5) is 5.82 Å². The van der Waals surface area contributed by atoms with Crippen molar-refractivity contribution in [3.05, 3.63) is 22.8 Å². The Bertz CT molecular complexity index is 317. The van der Waals surface area contributed by atoms with Crippen molar-refractivity contribution >= 4 is 21.7 Å². The topological polar surface area (TPSA) is 28.2 Å². The van der Waals surface area contributed by atoms with Crippen molar-refractivity contribution in [2.24, 2.45) is 0 Å². The lowest BCUT2D eigenvalue weighted by Gasteiger charge is -2.23. The van der Waals surface area contributed by atoms with Crippen molar-refractivity contribution in [3.8, 4) is 0 Å². The third-order valence-electron chi connectivity index (χ3n) is 2.86. The molecule has 0 aliphatic carbocycles. The highest BCUT2D eigenvalue weighted by Crippen LogP contribution is 2.17. The smallest absolute Gasteiger partial charge is 0.140 e. The van der Waals surface area contributed by atoms with Crippen LogP contribution in [0, 0.1) is 0 Å². The molecule has 0 bridgehead atoms. The zero-order chi connectivity index (χ0) is 12.0. The molecule has 0 aliphatic rings. The minimum absolute atomic E-state index is 0.633. The Hall–Kier alpha value is -0.610. The first-order chi connectivity index (χ1) is 7.65. The molecule has 1 heterocycles. The van der Waals surface area contributed by atoms with Crippen molar-refractivity contribution in [3.63, 3.8) is 0 Å². The number of nitrogens with one attached hydrogen (secondary N) is 1. The Morgan fingerprint density at radius 2 is 2.31 bits per heavy atom. The molecule has 1 rings (SSSR count). The number of rotatable bonds is 6. The summed E-state index contributed by atoms with van der Waals surface area (Å²) in [5.41, 5.74) is 0. The minimum atomic E-state index is 0.633. The van der Waals surface area contributed by atoms with E-state index in [2.05, 4.69) is 52.0 Å². The highest BCUT2D eigenvalue weighted by atomic mass is 79.9. The number of anilines is 1. The molecule has 1 unspecified atom stereocenters. The molecule has 3 nitrogen and oxygen atoms in total. The number of hydrogen-bond acceptors (Lipinski definition) is 3. The second-order valence-electron chi connectivity index (χ2n) is 4.00. The third-order valence-corrected chi connectivity index (χ3v) is 3.50. The summed E-state index contributed by atoms with van der Waals surface area (Å²) >= 11 is 3.47. The van der Waals surface area contributed by atoms with Gasteiger partial charge in [-0.1, -0.05) is 6.92 Å². The normalized spacial score (nSPS) is 12.8. The molecule has 1 aromatic rings. The van der Waals surface area contributed by atoms with Crippen LogP contribution < -0.4 is 5.32 Å². The Labute approximate surface area is 106 Å². The first kappa shape index (κ1) is 13.5. The van der Waals surface area contributed by atoms with Crippen molar-refractivity contribution < 1.29 is 0 Å². The summed E-state index contributed by atoms with van der Waals surface area (Å²) in [7, 11) is 2.16. The van der Waals surface area contributed by atoms with Gasteiger partial charge in [0.2, 0.25) is 0 Å². The number of nitrogens with zero attached hydrogens (tertiary/aromatic N) is 2. The van der Waals surface area contributed by atoms with Crippen molar-refractivity contribution in [2.45, 2.75) is 26.3 Å². The van der Waals surface area contributed by atoms with Crippen LogP contribution in [0.3, 0.4) is 0 Å². The molecule has 90 valence electrons. The van der Waals surface area contributed by atoms with E-state index in [1.807, 2.05) is 12.1 Å². The molecule has 0 radical (unpaired) electrons. The van der Waals surface area contributed by atoms with Gasteiger partial charge in [0, 0.05) is 25.3 Å². The zero-order valence-electron chi connectivity index (χ0n) is 10.2. The SMILES string of the molecule is CCC(C)N(C)CCNc1ncccc1Br. The fourth-order valence-electron chi connectivity index (χ4n) is 1.40. The maximum absolute atomic E-state index is 4.26. The van der Waals surface area contributed by atoms with Gasteiger partial charge in [-0.05, 0) is 48.5 Å². The van der Waals surface area contributed by atoms with E-state index in [-0.39, 0.29) is 0 Å². The molecule has 0 spiro atoms. The first-order valence-corrected chi connectivity index (χ1v) is 6.49. The molecule has 1 N–H and O–H groups in total. The van der Waals surface area contributed by atoms with Crippen LogP contribution in [-0.2, 0) is 0 Å². The number of likely N-dealkylation sites (N-methyl/N-ethyl adjacent to an activating group) is 1. The molecule has 0 saturated carbocycles. The number of hydrogen-bond donors (Lipinski definition) is 1. The van der Waals surface area contributed by atoms with E-state index >= 15 is 0 Å². The van der Waals surface area contributed by atoms with Gasteiger partial charge in [0.1, 0.15) is 5.82 Å². The van der Waals surface area contributed by atoms with Crippen LogP contribution in [0.2, 0.25) is 0 Å². The lowest BCUT2D eigenvalue weighted by molar-refractivity contribution is 0.261. The highest BCUT2D eigenvalue weighted by Gasteiger charge is 2.06. The maximum Gasteiger partial charge on any atom is 0.140 e. The van der Waals surface area contributed by atoms with Gasteiger partial charge in [-0.3, -0.25) is 0 Å². The summed E-state index contributed by atoms with van der Waals surface area (Å²) in [5.74, 6) is 0.917. The fraction of sp³-hybridized carbons (Fsp3) is 0.583. The maximum atomic E-state index is 4.26. The summed E-state index contributed by atoms with van der Waals surface area (Å²) in [6.07, 6.45) is 2.98. The van der Waals surface area contributed by atoms with E-state index in [4.69, 9.17) is 0 Å². The molecule has 1 aromatic heterocycles. The van der Waals surface area contributed by atoms with Crippen LogP contribution in [0.15, 0.2) is 22.8 Å². The van der Waals surface area contributed by atoms with Crippen molar-refractivity contribution in [1.29, 1.82) is 0 Å². The van der Waals surface area contributed by atoms with E-state index in [0.29, 0.717) is 6.04 Å². The van der Waals surface area contributed by atoms with Crippen LogP contribution in [0.1, 0.15) is 20.3 Å². The molecular formula is C12H20BrN3. The first-order valence-electron chi connectivity index (χ1n) is 5.69. The number of pyridine rings is 1. The summed E-state index contributed by atoms with van der Waals surface area (Å²) in [6, 6.07) is 4.54. The van der Waals surface area contributed by atoms with Crippen LogP contribution in [0.25, 0.3) is 0 Å². The summed E-state index contributed by atoms with van der Waals surface area (Å²) in [4.78, 5) is 6.61. The van der Waals surface area contributed by atoms with E-state index < -0.39 is 0 Å². The summed E-state index contributed by atoms with van der Waals surface area (Å²) < 4.78 is 1.01. The molecule has 1 atom stereocenters. The molecule has 16 heavy (non-hydrogen) atoms. The van der Waals surface area contributed by atoms with Gasteiger partial charge in [-0.25, -0.2) is 4.98 Å². The standard InChI is InChI=1S/C12H20BrN3/c1-4-10(2)16(3)9-8-15-12-11(13)6-5-7-14-12/h5-7,10H,4,8-9H2,1-3H3,(H,14,15). The predicted molar refractivity (Wildman–Crippen MR) is 72.8 cm³/mol. The van der Waals surface area contributed by atoms with Gasteiger partial charge in [0.25, 0.3) is 0 Å². The average molecular weight is 286 g/mol. The minimum Gasteiger partial charge on any atom is -0.368 e. The van der Waals surface area contributed by atoms with Gasteiger partial charge in [0.15, 0.2) is 0 Å². The predicted octanol–water partition coefficient (Wildman–Crippen LogP) is 2.99. The Kier molecular flexibility index (Phi) is 5.77. The van der Waals surface area contributed by atoms with Crippen LogP contribution in [0.5, 0.6) is 0 Å². The third kappa shape index (κ3) is 4.10. The number of aromatic nitrogens is 1. The van der Waals surface area contributed by atoms with Gasteiger partial charge in [0.05, 0.1) is 4.47 Å². The van der Waals surface area contributed by atoms with E-state index in [1.54, 1.807) is 6.20 Å². The second kappa shape index (κ2) is 6.86. The number of halogens is 1. The monoisotopic (exact) mass is 285 g/mol. The van der Waals surface area contributed by atoms with Gasteiger partial charge >= 0.3 is 0 Å². The summed E-state index contributed by atoms with van der Waals surface area (Å²) in [6.45, 7) is 6.40. The van der Waals surface area contributed by atoms with Gasteiger partial charge in [-0.2, -0.15) is 0 Å². The van der Waals surface area contributed by atoms with E-state index in [1.165, 1.54) is 6.42 Å². The second-order valence-corrected chi connectivity index (χ2v) is 4.85. The van der Waals surface area contributed by atoms with Crippen molar-refractivity contribution in [2.75, 3.05) is 25.5 Å². The Morgan fingerprint density at radius 1 is 1.56 bits per heavy atom. The molecule has 4 heteroatoms. The quantitative estimate of drug-likeness (QED) is 0.871. The Morgan fingerprint density at radius 3 is 2.94 bits per heavy atom. The Balaban J connectivity index is 2.33. The van der Waals surface area contributed by atoms with Gasteiger partial charge in [-0.15, -0.1) is 0 Å². The van der Waals surface area contributed by atoms with Crippen molar-refractivity contribution in [1.82, 2.24) is 9.88 Å². The molecule has 0 saturated heterocycles. The molecule has 0 aliphatic heterocycles. The molecular weight excluding hydrogens is 266 g/mol. The van der Waals surface area contributed by atoms with Gasteiger partial charge < -0.3 is 10.2 Å². The molecule has 0 amide bonds. The lowest BCUT2D eigenvalue weighted by atomic mass is 10.2. The summed E-state index contributed by atoms with van der Waals surface area (Å²) in [5, 5.41) is 3.32. The average Bonchev–Trinajstić information content (AvgIpc) is 2.30. The molecule has 0 fully saturated rings. The molecule has 0 aromatic carbocycles. The zero-order valence-corrected chi connectivity index (χ0v) is 11.8. The lowest BCUT2D eigenvalue weighted by Crippen LogP contribution is -2.32. The highest BCUT2D eigenvalue weighted by molar-refractivity contribution is 9.10. The van der Waals surface area contributed by atoms with Crippen LogP contribution in [-0.4, -0.2) is 36.1 Å². The fourth-order valence-corrected chi connectivity index (χ4v) is 1.79. The largest absolute Gasteiger partial charge is 0.368 e. The van der Waals surface area contributed by atoms with E-state index in [9.17, 15) is 0 Å². The van der Waals surface area contributed by atoms with Crippen LogP contribution >= 0.6 is 15.9 Å².